The highest BCUT2D eigenvalue weighted by Gasteiger charge is 2.34. The topological polar surface area (TPSA) is 67.9 Å². The molecule has 2 aromatic rings. The summed E-state index contributed by atoms with van der Waals surface area (Å²) in [6.45, 7) is 3.93. The fourth-order valence-electron chi connectivity index (χ4n) is 2.61. The Morgan fingerprint density at radius 1 is 1.18 bits per heavy atom. The zero-order valence-corrected chi connectivity index (χ0v) is 18.0. The number of carbonyl (C=O) groups is 2. The number of rotatable bonds is 6. The average Bonchev–Trinajstić information content (AvgIpc) is 2.99. The van der Waals surface area contributed by atoms with Crippen molar-refractivity contribution in [2.24, 2.45) is 0 Å². The maximum atomic E-state index is 12.8. The summed E-state index contributed by atoms with van der Waals surface area (Å²) in [4.78, 5) is 25.2. The fraction of sp³-hybridized carbons (Fsp3) is 0.100. The minimum Gasteiger partial charge on any atom is -0.493 e. The number of para-hydroxylation sites is 1. The molecule has 1 aliphatic rings. The van der Waals surface area contributed by atoms with Crippen LogP contribution in [-0.2, 0) is 9.59 Å². The molecule has 0 radical (unpaired) electrons. The second-order valence-corrected chi connectivity index (χ2v) is 7.29. The largest absolute Gasteiger partial charge is 0.493 e. The van der Waals surface area contributed by atoms with Crippen molar-refractivity contribution in [1.29, 1.82) is 0 Å². The van der Waals surface area contributed by atoms with Gasteiger partial charge in [0.05, 0.1) is 17.3 Å². The van der Waals surface area contributed by atoms with Gasteiger partial charge in [-0.15, -0.1) is 0 Å². The first-order valence-corrected chi connectivity index (χ1v) is 9.78. The van der Waals surface area contributed by atoms with Crippen molar-refractivity contribution in [2.75, 3.05) is 18.7 Å². The number of nitrogens with one attached hydrogen (secondary N) is 1. The molecule has 0 unspecified atom stereocenters. The van der Waals surface area contributed by atoms with Crippen molar-refractivity contribution in [3.05, 3.63) is 69.1 Å². The molecule has 0 aliphatic carbocycles. The van der Waals surface area contributed by atoms with Gasteiger partial charge in [0.2, 0.25) is 0 Å². The second kappa shape index (κ2) is 8.62. The Bertz CT molecular complexity index is 974. The van der Waals surface area contributed by atoms with Gasteiger partial charge in [-0.1, -0.05) is 30.9 Å². The van der Waals surface area contributed by atoms with Crippen molar-refractivity contribution in [3.8, 4) is 11.5 Å². The van der Waals surface area contributed by atoms with Crippen LogP contribution in [0.25, 0.3) is 6.08 Å². The summed E-state index contributed by atoms with van der Waals surface area (Å²) in [6.07, 6.45) is 3.13. The number of nitrogens with zero attached hydrogens (tertiary/aromatic N) is 1. The van der Waals surface area contributed by atoms with Gasteiger partial charge in [0, 0.05) is 4.47 Å². The third-order valence-electron chi connectivity index (χ3n) is 3.93. The molecule has 144 valence electrons. The lowest BCUT2D eigenvalue weighted by Gasteiger charge is -2.15. The lowest BCUT2D eigenvalue weighted by atomic mass is 10.1. The molecule has 1 heterocycles. The summed E-state index contributed by atoms with van der Waals surface area (Å²) in [6, 6.07) is 10.6. The number of ether oxygens (including phenoxy) is 2. The first kappa shape index (κ1) is 20.2. The maximum Gasteiger partial charge on any atom is 0.282 e. The molecule has 0 bridgehead atoms. The zero-order valence-electron chi connectivity index (χ0n) is 14.9. The quantitative estimate of drug-likeness (QED) is 0.360. The Balaban J connectivity index is 2.01. The van der Waals surface area contributed by atoms with E-state index in [0.29, 0.717) is 38.3 Å². The Morgan fingerprint density at radius 3 is 2.54 bits per heavy atom. The van der Waals surface area contributed by atoms with Crippen LogP contribution in [0.3, 0.4) is 0 Å². The summed E-state index contributed by atoms with van der Waals surface area (Å²) >= 11 is 6.95. The molecule has 1 saturated heterocycles. The summed E-state index contributed by atoms with van der Waals surface area (Å²) in [7, 11) is 1.51. The number of anilines is 1. The monoisotopic (exact) mass is 506 g/mol. The number of hydrazine groups is 1. The average molecular weight is 508 g/mol. The number of halogens is 2. The third-order valence-corrected chi connectivity index (χ3v) is 6.07. The molecule has 2 aromatic carbocycles. The molecule has 2 amide bonds. The van der Waals surface area contributed by atoms with Gasteiger partial charge in [-0.25, -0.2) is 5.01 Å². The Morgan fingerprint density at radius 2 is 1.89 bits per heavy atom. The van der Waals surface area contributed by atoms with Gasteiger partial charge in [-0.2, -0.15) is 0 Å². The molecular formula is C20H16Br2N2O4. The van der Waals surface area contributed by atoms with E-state index in [1.165, 1.54) is 18.2 Å². The number of methoxy groups -OCH3 is 1. The van der Waals surface area contributed by atoms with Crippen molar-refractivity contribution in [1.82, 2.24) is 5.43 Å². The van der Waals surface area contributed by atoms with Crippen LogP contribution in [0.1, 0.15) is 5.56 Å². The molecule has 0 aromatic heterocycles. The van der Waals surface area contributed by atoms with E-state index in [-0.39, 0.29) is 5.57 Å². The smallest absolute Gasteiger partial charge is 0.282 e. The van der Waals surface area contributed by atoms with Gasteiger partial charge in [0.15, 0.2) is 11.5 Å². The second-order valence-electron chi connectivity index (χ2n) is 5.70. The van der Waals surface area contributed by atoms with E-state index in [4.69, 9.17) is 9.47 Å². The number of benzene rings is 2. The van der Waals surface area contributed by atoms with Crippen LogP contribution in [0.2, 0.25) is 0 Å². The molecule has 1 N–H and O–H groups in total. The Kier molecular flexibility index (Phi) is 6.21. The van der Waals surface area contributed by atoms with Crippen LogP contribution in [-0.4, -0.2) is 25.5 Å². The van der Waals surface area contributed by atoms with Gasteiger partial charge in [0.1, 0.15) is 12.2 Å². The normalized spacial score (nSPS) is 15.0. The summed E-state index contributed by atoms with van der Waals surface area (Å²) in [5.41, 5.74) is 3.75. The zero-order chi connectivity index (χ0) is 20.3. The molecule has 3 rings (SSSR count). The van der Waals surface area contributed by atoms with E-state index in [1.54, 1.807) is 36.4 Å². The maximum absolute atomic E-state index is 12.8. The van der Waals surface area contributed by atoms with Crippen LogP contribution >= 0.6 is 31.9 Å². The first-order chi connectivity index (χ1) is 13.5. The highest BCUT2D eigenvalue weighted by molar-refractivity contribution is 9.13. The van der Waals surface area contributed by atoms with E-state index in [0.717, 1.165) is 0 Å². The van der Waals surface area contributed by atoms with E-state index in [9.17, 15) is 9.59 Å². The Hall–Kier alpha value is -2.58. The minimum atomic E-state index is -0.483. The van der Waals surface area contributed by atoms with E-state index >= 15 is 0 Å². The molecular weight excluding hydrogens is 492 g/mol. The molecule has 0 atom stereocenters. The van der Waals surface area contributed by atoms with Gasteiger partial charge in [-0.05, 0) is 61.7 Å². The molecule has 8 heteroatoms. The molecule has 0 spiro atoms. The van der Waals surface area contributed by atoms with Crippen molar-refractivity contribution in [2.45, 2.75) is 0 Å². The minimum absolute atomic E-state index is 0.0123. The van der Waals surface area contributed by atoms with Crippen molar-refractivity contribution >= 4 is 55.4 Å². The number of hydrogen-bond donors (Lipinski definition) is 1. The molecule has 1 aliphatic heterocycles. The van der Waals surface area contributed by atoms with Crippen LogP contribution in [0.5, 0.6) is 11.5 Å². The van der Waals surface area contributed by atoms with E-state index in [1.807, 2.05) is 6.07 Å². The first-order valence-electron chi connectivity index (χ1n) is 8.19. The molecule has 0 saturated carbocycles. The fourth-order valence-corrected chi connectivity index (χ4v) is 3.56. The summed E-state index contributed by atoms with van der Waals surface area (Å²) in [5, 5.41) is 1.22. The highest BCUT2D eigenvalue weighted by Crippen LogP contribution is 2.43. The predicted molar refractivity (Wildman–Crippen MR) is 114 cm³/mol. The predicted octanol–water partition coefficient (Wildman–Crippen LogP) is 4.25. The molecule has 1 fully saturated rings. The van der Waals surface area contributed by atoms with Gasteiger partial charge in [0.25, 0.3) is 11.8 Å². The lowest BCUT2D eigenvalue weighted by molar-refractivity contribution is -0.117. The standard InChI is InChI=1S/C20H16Br2N2O4/c1-3-9-28-18-15(27-2)11-12(16(21)17(18)22)10-14-19(25)23-24(20(14)26)13-7-5-4-6-8-13/h3-8,10-11H,1,9H2,2H3,(H,23,25)/b14-10-. The van der Waals surface area contributed by atoms with Gasteiger partial charge in [-0.3, -0.25) is 15.0 Å². The van der Waals surface area contributed by atoms with Crippen LogP contribution in [0, 0.1) is 0 Å². The number of amides is 2. The van der Waals surface area contributed by atoms with Crippen molar-refractivity contribution in [3.63, 3.8) is 0 Å². The van der Waals surface area contributed by atoms with E-state index in [2.05, 4.69) is 43.9 Å². The molecule has 28 heavy (non-hydrogen) atoms. The summed E-state index contributed by atoms with van der Waals surface area (Å²) in [5.74, 6) is 0.0204. The SMILES string of the molecule is C=CCOc1c(OC)cc(/C=C2/C(=O)NN(c3ccccc3)C2=O)c(Br)c1Br. The van der Waals surface area contributed by atoms with Crippen molar-refractivity contribution < 1.29 is 19.1 Å². The van der Waals surface area contributed by atoms with E-state index < -0.39 is 11.8 Å². The Labute approximate surface area is 179 Å². The van der Waals surface area contributed by atoms with Crippen LogP contribution in [0.4, 0.5) is 5.69 Å². The van der Waals surface area contributed by atoms with Crippen LogP contribution in [0.15, 0.2) is 63.6 Å². The van der Waals surface area contributed by atoms with Crippen LogP contribution < -0.4 is 19.9 Å². The van der Waals surface area contributed by atoms with Gasteiger partial charge < -0.3 is 9.47 Å². The summed E-state index contributed by atoms with van der Waals surface area (Å²) < 4.78 is 12.3. The number of carbonyl (C=O) groups excluding carboxylic acids is 2. The van der Waals surface area contributed by atoms with Gasteiger partial charge >= 0.3 is 0 Å². The lowest BCUT2D eigenvalue weighted by Crippen LogP contribution is -2.35. The number of hydrogen-bond acceptors (Lipinski definition) is 4. The third kappa shape index (κ3) is 3.83. The molecule has 6 nitrogen and oxygen atoms in total. The highest BCUT2D eigenvalue weighted by atomic mass is 79.9.